The van der Waals surface area contributed by atoms with Crippen molar-refractivity contribution >= 4 is 17.6 Å². The standard InChI is InChI=1S/C13H17FN2O4/c14-9-4-1-2-5-10(9)16-12(18)8-11(13(19)20)15-6-3-7-17/h1-2,4-5,11,15,17H,3,6-8H2,(H,16,18)(H,19,20). The monoisotopic (exact) mass is 284 g/mol. The van der Waals surface area contributed by atoms with E-state index in [0.717, 1.165) is 0 Å². The number of hydrogen-bond acceptors (Lipinski definition) is 4. The highest BCUT2D eigenvalue weighted by atomic mass is 19.1. The third kappa shape index (κ3) is 5.33. The maximum absolute atomic E-state index is 13.3. The van der Waals surface area contributed by atoms with Gasteiger partial charge in [-0.1, -0.05) is 12.1 Å². The molecule has 0 fully saturated rings. The molecule has 0 heterocycles. The third-order valence-electron chi connectivity index (χ3n) is 2.56. The van der Waals surface area contributed by atoms with Crippen molar-refractivity contribution in [2.75, 3.05) is 18.5 Å². The number of amides is 1. The molecule has 0 saturated carbocycles. The van der Waals surface area contributed by atoms with Crippen LogP contribution in [0.2, 0.25) is 0 Å². The Bertz CT molecular complexity index is 467. The van der Waals surface area contributed by atoms with Crippen LogP contribution in [0.25, 0.3) is 0 Å². The van der Waals surface area contributed by atoms with Crippen molar-refractivity contribution in [3.8, 4) is 0 Å². The number of carboxylic acid groups (broad SMARTS) is 1. The van der Waals surface area contributed by atoms with E-state index in [2.05, 4.69) is 10.6 Å². The molecule has 0 aliphatic rings. The number of rotatable bonds is 8. The predicted octanol–water partition coefficient (Wildman–Crippen LogP) is 0.580. The number of carbonyl (C=O) groups excluding carboxylic acids is 1. The molecule has 0 saturated heterocycles. The van der Waals surface area contributed by atoms with E-state index >= 15 is 0 Å². The lowest BCUT2D eigenvalue weighted by Gasteiger charge is -2.14. The van der Waals surface area contributed by atoms with Crippen LogP contribution in [-0.2, 0) is 9.59 Å². The van der Waals surface area contributed by atoms with E-state index in [4.69, 9.17) is 10.2 Å². The number of halogens is 1. The van der Waals surface area contributed by atoms with Crippen molar-refractivity contribution in [2.24, 2.45) is 0 Å². The second-order valence-electron chi connectivity index (χ2n) is 4.15. The summed E-state index contributed by atoms with van der Waals surface area (Å²) >= 11 is 0. The van der Waals surface area contributed by atoms with Gasteiger partial charge in [0.2, 0.25) is 5.91 Å². The van der Waals surface area contributed by atoms with Gasteiger partial charge in [0.1, 0.15) is 11.9 Å². The molecule has 1 rings (SSSR count). The van der Waals surface area contributed by atoms with Gasteiger partial charge in [-0.2, -0.15) is 0 Å². The molecule has 1 aromatic carbocycles. The zero-order chi connectivity index (χ0) is 15.0. The Hall–Kier alpha value is -1.99. The van der Waals surface area contributed by atoms with Gasteiger partial charge in [0.25, 0.3) is 0 Å². The number of nitrogens with one attached hydrogen (secondary N) is 2. The van der Waals surface area contributed by atoms with E-state index < -0.39 is 23.7 Å². The van der Waals surface area contributed by atoms with Gasteiger partial charge < -0.3 is 20.8 Å². The Labute approximate surface area is 115 Å². The highest BCUT2D eigenvalue weighted by Gasteiger charge is 2.20. The lowest BCUT2D eigenvalue weighted by molar-refractivity contribution is -0.141. The summed E-state index contributed by atoms with van der Waals surface area (Å²) in [5.41, 5.74) is 0.0111. The summed E-state index contributed by atoms with van der Waals surface area (Å²) < 4.78 is 13.3. The van der Waals surface area contributed by atoms with Crippen molar-refractivity contribution in [2.45, 2.75) is 18.9 Å². The van der Waals surface area contributed by atoms with Crippen molar-refractivity contribution in [1.82, 2.24) is 5.32 Å². The number of anilines is 1. The highest BCUT2D eigenvalue weighted by molar-refractivity contribution is 5.94. The molecule has 0 bridgehead atoms. The molecule has 7 heteroatoms. The van der Waals surface area contributed by atoms with Crippen LogP contribution in [-0.4, -0.2) is 41.3 Å². The zero-order valence-corrected chi connectivity index (χ0v) is 10.8. The molecule has 6 nitrogen and oxygen atoms in total. The largest absolute Gasteiger partial charge is 0.480 e. The van der Waals surface area contributed by atoms with Crippen LogP contribution >= 0.6 is 0 Å². The molecular formula is C13H17FN2O4. The Balaban J connectivity index is 2.54. The van der Waals surface area contributed by atoms with Gasteiger partial charge in [-0.3, -0.25) is 9.59 Å². The SMILES string of the molecule is O=C(CC(NCCCO)C(=O)O)Nc1ccccc1F. The van der Waals surface area contributed by atoms with E-state index in [9.17, 15) is 14.0 Å². The molecule has 4 N–H and O–H groups in total. The molecule has 1 aromatic rings. The second kappa shape index (κ2) is 8.23. The Morgan fingerprint density at radius 2 is 2.00 bits per heavy atom. The first-order chi connectivity index (χ1) is 9.54. The van der Waals surface area contributed by atoms with Crippen LogP contribution in [0.4, 0.5) is 10.1 Å². The maximum atomic E-state index is 13.3. The quantitative estimate of drug-likeness (QED) is 0.523. The molecule has 1 atom stereocenters. The summed E-state index contributed by atoms with van der Waals surface area (Å²) in [5, 5.41) is 22.5. The van der Waals surface area contributed by atoms with Crippen molar-refractivity contribution in [3.63, 3.8) is 0 Å². The minimum Gasteiger partial charge on any atom is -0.480 e. The van der Waals surface area contributed by atoms with Gasteiger partial charge in [0.15, 0.2) is 0 Å². The Morgan fingerprint density at radius 3 is 2.60 bits per heavy atom. The van der Waals surface area contributed by atoms with Gasteiger partial charge >= 0.3 is 5.97 Å². The number of para-hydroxylation sites is 1. The van der Waals surface area contributed by atoms with Gasteiger partial charge in [0.05, 0.1) is 12.1 Å². The predicted molar refractivity (Wildman–Crippen MR) is 70.8 cm³/mol. The van der Waals surface area contributed by atoms with Crippen LogP contribution in [0.3, 0.4) is 0 Å². The van der Waals surface area contributed by atoms with Crippen LogP contribution in [0.1, 0.15) is 12.8 Å². The fourth-order valence-corrected chi connectivity index (χ4v) is 1.55. The average Bonchev–Trinajstić information content (AvgIpc) is 2.40. The smallest absolute Gasteiger partial charge is 0.321 e. The molecule has 0 spiro atoms. The molecule has 20 heavy (non-hydrogen) atoms. The summed E-state index contributed by atoms with van der Waals surface area (Å²) in [4.78, 5) is 22.7. The second-order valence-corrected chi connectivity index (χ2v) is 4.15. The minimum atomic E-state index is -1.17. The molecule has 110 valence electrons. The summed E-state index contributed by atoms with van der Waals surface area (Å²) in [7, 11) is 0. The summed E-state index contributed by atoms with van der Waals surface area (Å²) in [6, 6.07) is 4.56. The van der Waals surface area contributed by atoms with E-state index in [1.165, 1.54) is 18.2 Å². The highest BCUT2D eigenvalue weighted by Crippen LogP contribution is 2.12. The maximum Gasteiger partial charge on any atom is 0.321 e. The average molecular weight is 284 g/mol. The molecule has 0 radical (unpaired) electrons. The molecule has 0 aliphatic carbocycles. The number of carbonyl (C=O) groups is 2. The van der Waals surface area contributed by atoms with Crippen LogP contribution in [0.15, 0.2) is 24.3 Å². The molecule has 1 unspecified atom stereocenters. The molecule has 1 amide bonds. The first-order valence-electron chi connectivity index (χ1n) is 6.16. The fraction of sp³-hybridized carbons (Fsp3) is 0.385. The number of aliphatic hydroxyl groups is 1. The first-order valence-corrected chi connectivity index (χ1v) is 6.16. The minimum absolute atomic E-state index is 0.0111. The third-order valence-corrected chi connectivity index (χ3v) is 2.56. The molecular weight excluding hydrogens is 267 g/mol. The summed E-state index contributed by atoms with van der Waals surface area (Å²) in [6.07, 6.45) is 0.0633. The van der Waals surface area contributed by atoms with E-state index in [1.54, 1.807) is 6.07 Å². The fourth-order valence-electron chi connectivity index (χ4n) is 1.55. The van der Waals surface area contributed by atoms with Gasteiger partial charge in [-0.05, 0) is 25.1 Å². The number of aliphatic carboxylic acids is 1. The van der Waals surface area contributed by atoms with Crippen LogP contribution in [0.5, 0.6) is 0 Å². The van der Waals surface area contributed by atoms with E-state index in [0.29, 0.717) is 6.42 Å². The van der Waals surface area contributed by atoms with Gasteiger partial charge in [-0.25, -0.2) is 4.39 Å². The summed E-state index contributed by atoms with van der Waals surface area (Å²) in [6.45, 7) is 0.210. The number of benzene rings is 1. The topological polar surface area (TPSA) is 98.7 Å². The molecule has 0 aliphatic heterocycles. The molecule has 0 aromatic heterocycles. The lowest BCUT2D eigenvalue weighted by Crippen LogP contribution is -2.40. The van der Waals surface area contributed by atoms with Crippen molar-refractivity contribution in [3.05, 3.63) is 30.1 Å². The Morgan fingerprint density at radius 1 is 1.30 bits per heavy atom. The number of hydrogen-bond donors (Lipinski definition) is 4. The number of carboxylic acids is 1. The van der Waals surface area contributed by atoms with Crippen molar-refractivity contribution in [1.29, 1.82) is 0 Å². The van der Waals surface area contributed by atoms with Gasteiger partial charge in [0, 0.05) is 6.61 Å². The summed E-state index contributed by atoms with van der Waals surface area (Å²) in [5.74, 6) is -2.36. The zero-order valence-electron chi connectivity index (χ0n) is 10.8. The normalized spacial score (nSPS) is 11.9. The van der Waals surface area contributed by atoms with Gasteiger partial charge in [-0.15, -0.1) is 0 Å². The van der Waals surface area contributed by atoms with E-state index in [1.807, 2.05) is 0 Å². The van der Waals surface area contributed by atoms with Crippen LogP contribution in [0, 0.1) is 5.82 Å². The first kappa shape index (κ1) is 16.1. The van der Waals surface area contributed by atoms with Crippen LogP contribution < -0.4 is 10.6 Å². The van der Waals surface area contributed by atoms with Crippen molar-refractivity contribution < 1.29 is 24.2 Å². The lowest BCUT2D eigenvalue weighted by atomic mass is 10.2. The van der Waals surface area contributed by atoms with E-state index in [-0.39, 0.29) is 25.3 Å². The number of aliphatic hydroxyl groups excluding tert-OH is 1. The Kier molecular flexibility index (Phi) is 6.61.